The summed E-state index contributed by atoms with van der Waals surface area (Å²) in [5, 5.41) is 15.5. The van der Waals surface area contributed by atoms with Gasteiger partial charge in [-0.05, 0) is 62.1 Å². The first-order chi connectivity index (χ1) is 16.4. The predicted molar refractivity (Wildman–Crippen MR) is 125 cm³/mol. The summed E-state index contributed by atoms with van der Waals surface area (Å²) in [6.07, 6.45) is -2.09. The molecule has 2 aliphatic heterocycles. The van der Waals surface area contributed by atoms with Crippen LogP contribution in [0, 0.1) is 0 Å². The normalized spacial score (nSPS) is 17.1. The number of urea groups is 1. The SMILES string of the molecule is CC(C)(O)CN1Cc2ccc(NC(=O)C=C3CCCOc4cc(C(F)(F)F)ccc43)cc2NC1=O. The number of alkyl halides is 3. The molecule has 0 fully saturated rings. The maximum absolute atomic E-state index is 13.1. The number of nitrogens with zero attached hydrogens (tertiary/aromatic N) is 1. The van der Waals surface area contributed by atoms with Gasteiger partial charge in [0.1, 0.15) is 5.75 Å². The van der Waals surface area contributed by atoms with E-state index in [0.717, 1.165) is 17.7 Å². The Labute approximate surface area is 200 Å². The van der Waals surface area contributed by atoms with Crippen LogP contribution in [-0.4, -0.2) is 40.7 Å². The molecule has 2 aromatic rings. The fourth-order valence-electron chi connectivity index (χ4n) is 4.12. The number of rotatable bonds is 4. The van der Waals surface area contributed by atoms with E-state index in [2.05, 4.69) is 10.6 Å². The van der Waals surface area contributed by atoms with E-state index in [-0.39, 0.29) is 24.9 Å². The van der Waals surface area contributed by atoms with E-state index in [9.17, 15) is 27.9 Å². The second-order valence-corrected chi connectivity index (χ2v) is 9.29. The molecule has 2 heterocycles. The van der Waals surface area contributed by atoms with Gasteiger partial charge in [-0.3, -0.25) is 4.79 Å². The molecule has 0 atom stereocenters. The number of nitrogens with one attached hydrogen (secondary N) is 2. The van der Waals surface area contributed by atoms with Gasteiger partial charge in [-0.15, -0.1) is 0 Å². The summed E-state index contributed by atoms with van der Waals surface area (Å²) in [5.74, 6) is -0.345. The molecular formula is C25H26F3N3O4. The van der Waals surface area contributed by atoms with E-state index >= 15 is 0 Å². The van der Waals surface area contributed by atoms with Gasteiger partial charge in [0, 0.05) is 29.6 Å². The van der Waals surface area contributed by atoms with Gasteiger partial charge in [-0.25, -0.2) is 4.79 Å². The lowest BCUT2D eigenvalue weighted by Crippen LogP contribution is -2.46. The Morgan fingerprint density at radius 1 is 1.23 bits per heavy atom. The number of allylic oxidation sites excluding steroid dienone is 1. The molecule has 7 nitrogen and oxygen atoms in total. The van der Waals surface area contributed by atoms with Gasteiger partial charge in [0.2, 0.25) is 5.91 Å². The van der Waals surface area contributed by atoms with Crippen molar-refractivity contribution in [1.82, 2.24) is 4.90 Å². The zero-order chi connectivity index (χ0) is 25.4. The van der Waals surface area contributed by atoms with Gasteiger partial charge in [0.05, 0.1) is 24.3 Å². The van der Waals surface area contributed by atoms with Gasteiger partial charge in [-0.1, -0.05) is 12.1 Å². The highest BCUT2D eigenvalue weighted by Crippen LogP contribution is 2.38. The van der Waals surface area contributed by atoms with Crippen molar-refractivity contribution in [3.8, 4) is 5.75 Å². The van der Waals surface area contributed by atoms with Crippen LogP contribution in [0.4, 0.5) is 29.3 Å². The summed E-state index contributed by atoms with van der Waals surface area (Å²) < 4.78 is 44.7. The zero-order valence-corrected chi connectivity index (χ0v) is 19.3. The number of anilines is 2. The molecule has 3 N–H and O–H groups in total. The van der Waals surface area contributed by atoms with Crippen molar-refractivity contribution in [1.29, 1.82) is 0 Å². The summed E-state index contributed by atoms with van der Waals surface area (Å²) in [5.41, 5.74) is 1.04. The summed E-state index contributed by atoms with van der Waals surface area (Å²) >= 11 is 0. The maximum Gasteiger partial charge on any atom is 0.416 e. The molecule has 0 saturated carbocycles. The molecule has 0 bridgehead atoms. The van der Waals surface area contributed by atoms with Crippen LogP contribution in [0.1, 0.15) is 43.4 Å². The van der Waals surface area contributed by atoms with Crippen LogP contribution in [-0.2, 0) is 17.5 Å². The summed E-state index contributed by atoms with van der Waals surface area (Å²) in [7, 11) is 0. The second-order valence-electron chi connectivity index (χ2n) is 9.29. The molecule has 0 unspecified atom stereocenters. The highest BCUT2D eigenvalue weighted by molar-refractivity contribution is 6.05. The van der Waals surface area contributed by atoms with E-state index in [4.69, 9.17) is 4.74 Å². The minimum absolute atomic E-state index is 0.100. The Kier molecular flexibility index (Phi) is 6.50. The standard InChI is InChI=1S/C25H26F3N3O4/c1-24(2,34)14-31-13-16-5-7-18(12-20(16)30-23(31)33)29-22(32)10-15-4-3-9-35-21-11-17(25(26,27)28)6-8-19(15)21/h5-8,10-12,34H,3-4,9,13-14H2,1-2H3,(H,29,32)(H,30,33). The van der Waals surface area contributed by atoms with Gasteiger partial charge < -0.3 is 25.4 Å². The number of benzene rings is 2. The van der Waals surface area contributed by atoms with E-state index in [1.54, 1.807) is 32.0 Å². The average molecular weight is 489 g/mol. The summed E-state index contributed by atoms with van der Waals surface area (Å²) in [6, 6.07) is 8.04. The van der Waals surface area contributed by atoms with Crippen LogP contribution in [0.3, 0.4) is 0 Å². The lowest BCUT2D eigenvalue weighted by atomic mass is 9.99. The first-order valence-corrected chi connectivity index (χ1v) is 11.2. The number of aliphatic hydroxyl groups is 1. The number of hydrogen-bond acceptors (Lipinski definition) is 4. The molecule has 2 aromatic carbocycles. The zero-order valence-electron chi connectivity index (χ0n) is 19.3. The maximum atomic E-state index is 13.1. The molecule has 0 saturated heterocycles. The van der Waals surface area contributed by atoms with Gasteiger partial charge in [-0.2, -0.15) is 13.2 Å². The van der Waals surface area contributed by atoms with Crippen molar-refractivity contribution in [2.24, 2.45) is 0 Å². The van der Waals surface area contributed by atoms with Crippen molar-refractivity contribution in [2.75, 3.05) is 23.8 Å². The van der Waals surface area contributed by atoms with Crippen molar-refractivity contribution in [3.05, 3.63) is 59.2 Å². The van der Waals surface area contributed by atoms with E-state index in [0.29, 0.717) is 41.9 Å². The molecule has 2 aliphatic rings. The largest absolute Gasteiger partial charge is 0.493 e. The molecule has 4 rings (SSSR count). The van der Waals surface area contributed by atoms with Crippen LogP contribution in [0.25, 0.3) is 5.57 Å². The predicted octanol–water partition coefficient (Wildman–Crippen LogP) is 5.02. The van der Waals surface area contributed by atoms with Crippen LogP contribution in [0.2, 0.25) is 0 Å². The van der Waals surface area contributed by atoms with Crippen LogP contribution in [0.5, 0.6) is 5.75 Å². The lowest BCUT2D eigenvalue weighted by molar-refractivity contribution is -0.137. The fraction of sp³-hybridized carbons (Fsp3) is 0.360. The monoisotopic (exact) mass is 489 g/mol. The molecular weight excluding hydrogens is 463 g/mol. The quantitative estimate of drug-likeness (QED) is 0.526. The smallest absolute Gasteiger partial charge is 0.416 e. The number of ether oxygens (including phenoxy) is 1. The van der Waals surface area contributed by atoms with Gasteiger partial charge in [0.15, 0.2) is 0 Å². The Hall–Kier alpha value is -3.53. The Bertz CT molecular complexity index is 1190. The number of fused-ring (bicyclic) bond motifs is 2. The third-order valence-electron chi connectivity index (χ3n) is 5.65. The van der Waals surface area contributed by atoms with Crippen LogP contribution >= 0.6 is 0 Å². The van der Waals surface area contributed by atoms with Crippen molar-refractivity contribution in [2.45, 2.75) is 45.0 Å². The van der Waals surface area contributed by atoms with Gasteiger partial charge >= 0.3 is 12.2 Å². The fourth-order valence-corrected chi connectivity index (χ4v) is 4.12. The average Bonchev–Trinajstić information content (AvgIpc) is 2.94. The van der Waals surface area contributed by atoms with Crippen LogP contribution in [0.15, 0.2) is 42.5 Å². The van der Waals surface area contributed by atoms with Crippen molar-refractivity contribution >= 4 is 28.9 Å². The number of amides is 3. The summed E-state index contributed by atoms with van der Waals surface area (Å²) in [6.45, 7) is 3.98. The van der Waals surface area contributed by atoms with E-state index < -0.39 is 23.2 Å². The first kappa shape index (κ1) is 24.6. The number of carbonyl (C=O) groups is 2. The molecule has 0 spiro atoms. The molecule has 3 amide bonds. The highest BCUT2D eigenvalue weighted by atomic mass is 19.4. The molecule has 0 aromatic heterocycles. The molecule has 10 heteroatoms. The third kappa shape index (κ3) is 5.94. The Morgan fingerprint density at radius 3 is 2.71 bits per heavy atom. The Balaban J connectivity index is 1.51. The second kappa shape index (κ2) is 9.26. The van der Waals surface area contributed by atoms with Gasteiger partial charge in [0.25, 0.3) is 0 Å². The van der Waals surface area contributed by atoms with E-state index in [1.807, 2.05) is 0 Å². The molecule has 0 aliphatic carbocycles. The minimum Gasteiger partial charge on any atom is -0.493 e. The third-order valence-corrected chi connectivity index (χ3v) is 5.65. The first-order valence-electron chi connectivity index (χ1n) is 11.2. The number of β-amino-alcohol motifs (C(OH)–C–C–N with tert-alkyl or cyclic N) is 1. The molecule has 35 heavy (non-hydrogen) atoms. The van der Waals surface area contributed by atoms with Crippen molar-refractivity contribution in [3.63, 3.8) is 0 Å². The Morgan fingerprint density at radius 2 is 2.00 bits per heavy atom. The number of halogens is 3. The number of carbonyl (C=O) groups excluding carboxylic acids is 2. The molecule has 186 valence electrons. The van der Waals surface area contributed by atoms with Crippen molar-refractivity contribution < 1.29 is 32.6 Å². The topological polar surface area (TPSA) is 90.9 Å². The van der Waals surface area contributed by atoms with E-state index in [1.165, 1.54) is 17.0 Å². The minimum atomic E-state index is -4.49. The molecule has 0 radical (unpaired) electrons. The summed E-state index contributed by atoms with van der Waals surface area (Å²) in [4.78, 5) is 26.6. The highest BCUT2D eigenvalue weighted by Gasteiger charge is 2.32. The number of hydrogen-bond donors (Lipinski definition) is 3. The van der Waals surface area contributed by atoms with Crippen LogP contribution < -0.4 is 15.4 Å². The lowest BCUT2D eigenvalue weighted by Gasteiger charge is -2.33.